The van der Waals surface area contributed by atoms with Crippen LogP contribution in [0.2, 0.25) is 0 Å². The first-order chi connectivity index (χ1) is 8.20. The monoisotopic (exact) mass is 254 g/mol. The summed E-state index contributed by atoms with van der Waals surface area (Å²) in [6.45, 7) is 4.35. The molecule has 1 heterocycles. The Hall–Kier alpha value is -0.840. The Morgan fingerprint density at radius 1 is 1.59 bits per heavy atom. The third kappa shape index (κ3) is 3.09. The standard InChI is InChI=1S/C12H18N2O2S/c1-3-8(2)17-7-11-13-12(16-14-11)9-5-4-6-10(9)15/h8-9H,3-7H2,1-2H3. The van der Waals surface area contributed by atoms with Crippen molar-refractivity contribution in [1.82, 2.24) is 10.1 Å². The molecule has 0 radical (unpaired) electrons. The van der Waals surface area contributed by atoms with Crippen LogP contribution in [0, 0.1) is 0 Å². The van der Waals surface area contributed by atoms with E-state index in [2.05, 4.69) is 24.0 Å². The van der Waals surface area contributed by atoms with Crippen molar-refractivity contribution in [3.05, 3.63) is 11.7 Å². The number of carbonyl (C=O) groups is 1. The van der Waals surface area contributed by atoms with Gasteiger partial charge < -0.3 is 4.52 Å². The van der Waals surface area contributed by atoms with Crippen LogP contribution in [0.15, 0.2) is 4.52 Å². The van der Waals surface area contributed by atoms with Gasteiger partial charge in [-0.3, -0.25) is 4.79 Å². The normalized spacial score (nSPS) is 22.0. The number of aromatic nitrogens is 2. The maximum atomic E-state index is 11.6. The summed E-state index contributed by atoms with van der Waals surface area (Å²) in [4.78, 5) is 15.9. The van der Waals surface area contributed by atoms with Gasteiger partial charge in [0, 0.05) is 11.7 Å². The first-order valence-electron chi connectivity index (χ1n) is 6.17. The van der Waals surface area contributed by atoms with Crippen molar-refractivity contribution in [3.8, 4) is 0 Å². The number of thioether (sulfide) groups is 1. The molecule has 94 valence electrons. The fourth-order valence-electron chi connectivity index (χ4n) is 1.88. The lowest BCUT2D eigenvalue weighted by Gasteiger charge is -2.04. The van der Waals surface area contributed by atoms with E-state index in [-0.39, 0.29) is 11.7 Å². The number of rotatable bonds is 5. The predicted octanol–water partition coefficient (Wildman–Crippen LogP) is 2.94. The highest BCUT2D eigenvalue weighted by molar-refractivity contribution is 7.99. The second-order valence-corrected chi connectivity index (χ2v) is 5.92. The molecule has 1 aromatic rings. The number of Topliss-reactive ketones (excluding diaryl/α,β-unsaturated/α-hetero) is 1. The molecule has 1 aliphatic rings. The molecule has 5 heteroatoms. The third-order valence-corrected chi connectivity index (χ3v) is 4.49. The minimum absolute atomic E-state index is 0.134. The highest BCUT2D eigenvalue weighted by Gasteiger charge is 2.30. The molecule has 0 aliphatic heterocycles. The minimum Gasteiger partial charge on any atom is -0.339 e. The summed E-state index contributed by atoms with van der Waals surface area (Å²) in [5, 5.41) is 4.54. The number of hydrogen-bond donors (Lipinski definition) is 0. The Balaban J connectivity index is 1.94. The zero-order valence-corrected chi connectivity index (χ0v) is 11.1. The van der Waals surface area contributed by atoms with Gasteiger partial charge in [-0.15, -0.1) is 0 Å². The van der Waals surface area contributed by atoms with Gasteiger partial charge in [0.1, 0.15) is 5.78 Å². The first kappa shape index (κ1) is 12.6. The highest BCUT2D eigenvalue weighted by atomic mass is 32.2. The molecule has 2 rings (SSSR count). The summed E-state index contributed by atoms with van der Waals surface area (Å²) in [7, 11) is 0. The van der Waals surface area contributed by atoms with Gasteiger partial charge in [-0.05, 0) is 19.3 Å². The van der Waals surface area contributed by atoms with Crippen molar-refractivity contribution in [1.29, 1.82) is 0 Å². The zero-order valence-electron chi connectivity index (χ0n) is 10.3. The number of nitrogens with zero attached hydrogens (tertiary/aromatic N) is 2. The van der Waals surface area contributed by atoms with Gasteiger partial charge in [0.15, 0.2) is 5.82 Å². The van der Waals surface area contributed by atoms with Gasteiger partial charge >= 0.3 is 0 Å². The van der Waals surface area contributed by atoms with E-state index >= 15 is 0 Å². The Kier molecular flexibility index (Phi) is 4.20. The van der Waals surface area contributed by atoms with Gasteiger partial charge in [0.2, 0.25) is 5.89 Å². The fourth-order valence-corrected chi connectivity index (χ4v) is 2.67. The van der Waals surface area contributed by atoms with E-state index in [0.717, 1.165) is 25.0 Å². The topological polar surface area (TPSA) is 56.0 Å². The van der Waals surface area contributed by atoms with E-state index < -0.39 is 0 Å². The molecule has 0 bridgehead atoms. The molecule has 1 aromatic heterocycles. The highest BCUT2D eigenvalue weighted by Crippen LogP contribution is 2.30. The Morgan fingerprint density at radius 2 is 2.41 bits per heavy atom. The fraction of sp³-hybridized carbons (Fsp3) is 0.750. The van der Waals surface area contributed by atoms with Crippen molar-refractivity contribution in [2.24, 2.45) is 0 Å². The smallest absolute Gasteiger partial charge is 0.237 e. The lowest BCUT2D eigenvalue weighted by Crippen LogP contribution is -2.04. The van der Waals surface area contributed by atoms with Crippen LogP contribution in [-0.2, 0) is 10.5 Å². The lowest BCUT2D eigenvalue weighted by molar-refractivity contribution is -0.119. The molecule has 0 amide bonds. The van der Waals surface area contributed by atoms with Gasteiger partial charge in [0.05, 0.1) is 11.7 Å². The second-order valence-electron chi connectivity index (χ2n) is 4.49. The number of carbonyl (C=O) groups excluding carboxylic acids is 1. The zero-order chi connectivity index (χ0) is 12.3. The summed E-state index contributed by atoms with van der Waals surface area (Å²) in [6, 6.07) is 0. The molecule has 0 spiro atoms. The van der Waals surface area contributed by atoms with Crippen LogP contribution >= 0.6 is 11.8 Å². The molecule has 2 unspecified atom stereocenters. The van der Waals surface area contributed by atoms with Gasteiger partial charge in [-0.2, -0.15) is 16.7 Å². The summed E-state index contributed by atoms with van der Waals surface area (Å²) >= 11 is 1.82. The van der Waals surface area contributed by atoms with Crippen molar-refractivity contribution in [2.75, 3.05) is 0 Å². The second kappa shape index (κ2) is 5.67. The molecule has 17 heavy (non-hydrogen) atoms. The summed E-state index contributed by atoms with van der Waals surface area (Å²) in [6.07, 6.45) is 3.60. The van der Waals surface area contributed by atoms with Crippen LogP contribution in [0.4, 0.5) is 0 Å². The predicted molar refractivity (Wildman–Crippen MR) is 66.9 cm³/mol. The number of ketones is 1. The van der Waals surface area contributed by atoms with Gasteiger partial charge in [-0.1, -0.05) is 19.0 Å². The van der Waals surface area contributed by atoms with Gasteiger partial charge in [0.25, 0.3) is 0 Å². The molecule has 2 atom stereocenters. The minimum atomic E-state index is -0.134. The molecular formula is C12H18N2O2S. The Bertz CT molecular complexity index is 392. The molecule has 4 nitrogen and oxygen atoms in total. The molecule has 0 saturated heterocycles. The largest absolute Gasteiger partial charge is 0.339 e. The van der Waals surface area contributed by atoms with E-state index in [9.17, 15) is 4.79 Å². The molecule has 0 N–H and O–H groups in total. The third-order valence-electron chi connectivity index (χ3n) is 3.16. The van der Waals surface area contributed by atoms with Crippen molar-refractivity contribution < 1.29 is 9.32 Å². The van der Waals surface area contributed by atoms with Crippen LogP contribution in [0.25, 0.3) is 0 Å². The maximum absolute atomic E-state index is 11.6. The summed E-state index contributed by atoms with van der Waals surface area (Å²) in [5.74, 6) is 2.11. The van der Waals surface area contributed by atoms with Gasteiger partial charge in [-0.25, -0.2) is 0 Å². The Labute approximate surface area is 106 Å². The van der Waals surface area contributed by atoms with Crippen LogP contribution < -0.4 is 0 Å². The van der Waals surface area contributed by atoms with Crippen molar-refractivity contribution >= 4 is 17.5 Å². The van der Waals surface area contributed by atoms with E-state index in [1.165, 1.54) is 0 Å². The lowest BCUT2D eigenvalue weighted by atomic mass is 10.1. The first-order valence-corrected chi connectivity index (χ1v) is 7.22. The molecule has 1 aliphatic carbocycles. The van der Waals surface area contributed by atoms with E-state index in [1.54, 1.807) is 0 Å². The van der Waals surface area contributed by atoms with Crippen LogP contribution in [0.3, 0.4) is 0 Å². The maximum Gasteiger partial charge on any atom is 0.237 e. The van der Waals surface area contributed by atoms with E-state index in [4.69, 9.17) is 4.52 Å². The molecule has 1 fully saturated rings. The summed E-state index contributed by atoms with van der Waals surface area (Å²) < 4.78 is 5.19. The van der Waals surface area contributed by atoms with Crippen molar-refractivity contribution in [3.63, 3.8) is 0 Å². The molecule has 1 saturated carbocycles. The quantitative estimate of drug-likeness (QED) is 0.808. The van der Waals surface area contributed by atoms with Crippen LogP contribution in [0.1, 0.15) is 57.2 Å². The van der Waals surface area contributed by atoms with Crippen molar-refractivity contribution in [2.45, 2.75) is 56.5 Å². The average molecular weight is 254 g/mol. The van der Waals surface area contributed by atoms with E-state index in [0.29, 0.717) is 23.4 Å². The van der Waals surface area contributed by atoms with Crippen LogP contribution in [0.5, 0.6) is 0 Å². The number of hydrogen-bond acceptors (Lipinski definition) is 5. The van der Waals surface area contributed by atoms with E-state index in [1.807, 2.05) is 11.8 Å². The SMILES string of the molecule is CCC(C)SCc1noc(C2CCCC2=O)n1. The van der Waals surface area contributed by atoms with Crippen LogP contribution in [-0.4, -0.2) is 21.2 Å². The summed E-state index contributed by atoms with van der Waals surface area (Å²) in [5.41, 5.74) is 0. The Morgan fingerprint density at radius 3 is 3.06 bits per heavy atom. The molecular weight excluding hydrogens is 236 g/mol. The average Bonchev–Trinajstić information content (AvgIpc) is 2.94. The molecule has 0 aromatic carbocycles.